The third kappa shape index (κ3) is 3.90. The fourth-order valence-corrected chi connectivity index (χ4v) is 3.38. The second-order valence-electron chi connectivity index (χ2n) is 6.02. The van der Waals surface area contributed by atoms with E-state index >= 15 is 0 Å². The van der Waals surface area contributed by atoms with Gasteiger partial charge in [0.25, 0.3) is 0 Å². The van der Waals surface area contributed by atoms with E-state index in [0.29, 0.717) is 27.4 Å². The fraction of sp³-hybridized carbons (Fsp3) is 0.158. The molecule has 1 aromatic heterocycles. The highest BCUT2D eigenvalue weighted by atomic mass is 35.5. The van der Waals surface area contributed by atoms with E-state index in [1.54, 1.807) is 18.2 Å². The Morgan fingerprint density at radius 3 is 2.81 bits per heavy atom. The van der Waals surface area contributed by atoms with Crippen LogP contribution in [0.3, 0.4) is 0 Å². The number of fused-ring (bicyclic) bond motifs is 1. The van der Waals surface area contributed by atoms with Crippen molar-refractivity contribution in [1.82, 2.24) is 4.98 Å². The molecular formula is C19H15Cl3N3O2+. The summed E-state index contributed by atoms with van der Waals surface area (Å²) >= 11 is 18.1. The molecule has 1 unspecified atom stereocenters. The summed E-state index contributed by atoms with van der Waals surface area (Å²) in [7, 11) is 0. The van der Waals surface area contributed by atoms with Gasteiger partial charge in [0, 0.05) is 10.6 Å². The number of aromatic amines is 1. The maximum atomic E-state index is 6.09. The topological polar surface area (TPSA) is 50.5 Å². The Balaban J connectivity index is 1.63. The Morgan fingerprint density at radius 1 is 1.15 bits per heavy atom. The average molecular weight is 424 g/mol. The summed E-state index contributed by atoms with van der Waals surface area (Å²) in [6.07, 6.45) is 5.61. The lowest BCUT2D eigenvalue weighted by molar-refractivity contribution is -0.706. The molecule has 2 aromatic carbocycles. The molecule has 5 nitrogen and oxygen atoms in total. The minimum atomic E-state index is -0.126. The van der Waals surface area contributed by atoms with Crippen LogP contribution in [0.1, 0.15) is 17.2 Å². The zero-order chi connectivity index (χ0) is 18.8. The van der Waals surface area contributed by atoms with Crippen molar-refractivity contribution in [3.63, 3.8) is 0 Å². The van der Waals surface area contributed by atoms with Gasteiger partial charge in [-0.2, -0.15) is 0 Å². The number of halogens is 3. The van der Waals surface area contributed by atoms with E-state index in [-0.39, 0.29) is 12.6 Å². The third-order valence-corrected chi connectivity index (χ3v) is 5.21. The molecule has 0 spiro atoms. The number of nitrogens with zero attached hydrogens (tertiary/aromatic N) is 2. The first-order valence-corrected chi connectivity index (χ1v) is 9.35. The number of hydrogen-bond donors (Lipinski definition) is 1. The number of ether oxygens (including phenoxy) is 1. The number of hydrogen-bond acceptors (Lipinski definition) is 3. The van der Waals surface area contributed by atoms with Gasteiger partial charge in [-0.05, 0) is 35.9 Å². The zero-order valence-corrected chi connectivity index (χ0v) is 16.3. The van der Waals surface area contributed by atoms with Crippen LogP contribution in [0.25, 0.3) is 0 Å². The summed E-state index contributed by atoms with van der Waals surface area (Å²) < 4.78 is 7.86. The highest BCUT2D eigenvalue weighted by molar-refractivity contribution is 6.42. The molecule has 138 valence electrons. The minimum absolute atomic E-state index is 0.126. The van der Waals surface area contributed by atoms with E-state index in [1.807, 2.05) is 41.5 Å². The van der Waals surface area contributed by atoms with Crippen LogP contribution in [0, 0.1) is 0 Å². The number of benzene rings is 2. The molecule has 8 heteroatoms. The van der Waals surface area contributed by atoms with Crippen molar-refractivity contribution < 1.29 is 14.1 Å². The predicted octanol–water partition coefficient (Wildman–Crippen LogP) is 4.82. The van der Waals surface area contributed by atoms with Crippen LogP contribution in [0.2, 0.25) is 15.1 Å². The Labute approximate surface area is 171 Å². The fourth-order valence-electron chi connectivity index (χ4n) is 2.89. The van der Waals surface area contributed by atoms with Gasteiger partial charge in [-0.25, -0.2) is 4.57 Å². The van der Waals surface area contributed by atoms with Crippen LogP contribution in [-0.2, 0) is 11.4 Å². The van der Waals surface area contributed by atoms with Gasteiger partial charge in [-0.15, -0.1) is 0 Å². The monoisotopic (exact) mass is 422 g/mol. The zero-order valence-electron chi connectivity index (χ0n) is 14.0. The first kappa shape index (κ1) is 18.2. The van der Waals surface area contributed by atoms with E-state index in [0.717, 1.165) is 16.8 Å². The van der Waals surface area contributed by atoms with Crippen molar-refractivity contribution >= 4 is 40.5 Å². The molecule has 0 radical (unpaired) electrons. The third-order valence-electron chi connectivity index (χ3n) is 4.24. The number of imidazole rings is 1. The van der Waals surface area contributed by atoms with E-state index in [1.165, 1.54) is 0 Å². The average Bonchev–Trinajstić information content (AvgIpc) is 3.19. The largest absolute Gasteiger partial charge is 0.488 e. The second kappa shape index (κ2) is 7.80. The van der Waals surface area contributed by atoms with E-state index in [4.69, 9.17) is 44.4 Å². The van der Waals surface area contributed by atoms with E-state index < -0.39 is 0 Å². The quantitative estimate of drug-likeness (QED) is 0.483. The molecule has 1 N–H and O–H groups in total. The van der Waals surface area contributed by atoms with Gasteiger partial charge in [0.1, 0.15) is 37.1 Å². The van der Waals surface area contributed by atoms with Gasteiger partial charge >= 0.3 is 0 Å². The Bertz CT molecular complexity index is 990. The molecule has 4 rings (SSSR count). The van der Waals surface area contributed by atoms with Crippen molar-refractivity contribution in [1.29, 1.82) is 0 Å². The molecule has 1 aliphatic rings. The van der Waals surface area contributed by atoms with Gasteiger partial charge in [0.2, 0.25) is 6.33 Å². The van der Waals surface area contributed by atoms with Gasteiger partial charge in [0.05, 0.1) is 10.0 Å². The number of nitrogens with one attached hydrogen (secondary N) is 1. The molecule has 2 heterocycles. The van der Waals surface area contributed by atoms with Crippen molar-refractivity contribution in [2.75, 3.05) is 6.61 Å². The van der Waals surface area contributed by atoms with Gasteiger partial charge in [-0.1, -0.05) is 46.0 Å². The van der Waals surface area contributed by atoms with Gasteiger partial charge in [0.15, 0.2) is 6.04 Å². The van der Waals surface area contributed by atoms with Gasteiger partial charge in [-0.3, -0.25) is 4.98 Å². The normalized spacial score (nSPS) is 17.4. The van der Waals surface area contributed by atoms with E-state index in [9.17, 15) is 0 Å². The molecule has 0 fully saturated rings. The molecule has 0 bridgehead atoms. The number of aromatic nitrogens is 2. The smallest absolute Gasteiger partial charge is 0.242 e. The molecule has 0 aliphatic carbocycles. The lowest BCUT2D eigenvalue weighted by atomic mass is 10.00. The van der Waals surface area contributed by atoms with Crippen LogP contribution in [0.5, 0.6) is 5.75 Å². The van der Waals surface area contributed by atoms with Crippen LogP contribution in [-0.4, -0.2) is 17.3 Å². The molecule has 1 atom stereocenters. The lowest BCUT2D eigenvalue weighted by Crippen LogP contribution is -2.48. The van der Waals surface area contributed by atoms with E-state index in [2.05, 4.69) is 10.1 Å². The summed E-state index contributed by atoms with van der Waals surface area (Å²) in [5, 5.41) is 6.02. The van der Waals surface area contributed by atoms with Crippen molar-refractivity contribution in [2.24, 2.45) is 5.16 Å². The van der Waals surface area contributed by atoms with Crippen molar-refractivity contribution in [2.45, 2.75) is 12.6 Å². The highest BCUT2D eigenvalue weighted by Crippen LogP contribution is 2.31. The number of H-pyrrole nitrogens is 1. The van der Waals surface area contributed by atoms with Gasteiger partial charge < -0.3 is 9.57 Å². The molecule has 0 saturated heterocycles. The number of oxime groups is 1. The maximum absolute atomic E-state index is 6.09. The predicted molar refractivity (Wildman–Crippen MR) is 105 cm³/mol. The standard InChI is InChI=1S/C19H14Cl3N3O2/c20-13-2-3-14-18(8-13)26-10-17(25-6-5-23-11-25)19(14)24-27-9-12-1-4-15(21)16(22)7-12/h1-8,11,17H,9-10H2/p+1/b24-19-. The van der Waals surface area contributed by atoms with Crippen LogP contribution >= 0.6 is 34.8 Å². The van der Waals surface area contributed by atoms with Crippen LogP contribution in [0.15, 0.2) is 60.3 Å². The highest BCUT2D eigenvalue weighted by Gasteiger charge is 2.32. The second-order valence-corrected chi connectivity index (χ2v) is 7.28. The maximum Gasteiger partial charge on any atom is 0.242 e. The Hall–Kier alpha value is -2.21. The van der Waals surface area contributed by atoms with Crippen LogP contribution < -0.4 is 9.30 Å². The SMILES string of the molecule is Clc1ccc2c(c1)OCC([n+]1cc[nH]c1)/C2=N\OCc1ccc(Cl)c(Cl)c1. The summed E-state index contributed by atoms with van der Waals surface area (Å²) in [5.41, 5.74) is 2.49. The molecule has 3 aromatic rings. The molecule has 27 heavy (non-hydrogen) atoms. The molecule has 0 saturated carbocycles. The summed E-state index contributed by atoms with van der Waals surface area (Å²) in [6.45, 7) is 0.694. The molecular weight excluding hydrogens is 409 g/mol. The Morgan fingerprint density at radius 2 is 2.04 bits per heavy atom. The first-order chi connectivity index (χ1) is 13.1. The molecule has 0 amide bonds. The minimum Gasteiger partial charge on any atom is -0.488 e. The molecule has 1 aliphatic heterocycles. The summed E-state index contributed by atoms with van der Waals surface area (Å²) in [4.78, 5) is 8.68. The Kier molecular flexibility index (Phi) is 5.25. The first-order valence-electron chi connectivity index (χ1n) is 8.22. The summed E-state index contributed by atoms with van der Waals surface area (Å²) in [6, 6.07) is 10.7. The van der Waals surface area contributed by atoms with Crippen molar-refractivity contribution in [3.8, 4) is 5.75 Å². The number of rotatable bonds is 4. The van der Waals surface area contributed by atoms with Crippen LogP contribution in [0.4, 0.5) is 0 Å². The lowest BCUT2D eigenvalue weighted by Gasteiger charge is -2.24. The summed E-state index contributed by atoms with van der Waals surface area (Å²) in [5.74, 6) is 0.687. The van der Waals surface area contributed by atoms with Crippen molar-refractivity contribution in [3.05, 3.63) is 81.3 Å².